The van der Waals surface area contributed by atoms with E-state index in [0.717, 1.165) is 29.5 Å². The van der Waals surface area contributed by atoms with Crippen molar-refractivity contribution in [2.75, 3.05) is 26.4 Å². The van der Waals surface area contributed by atoms with E-state index in [1.807, 2.05) is 36.4 Å². The third kappa shape index (κ3) is 4.25. The second kappa shape index (κ2) is 9.66. The summed E-state index contributed by atoms with van der Waals surface area (Å²) in [7, 11) is 0. The van der Waals surface area contributed by atoms with Crippen LogP contribution in [0.4, 0.5) is 0 Å². The molecule has 6 nitrogen and oxygen atoms in total. The van der Waals surface area contributed by atoms with Gasteiger partial charge in [0.05, 0.1) is 31.8 Å². The second-order valence-corrected chi connectivity index (χ2v) is 7.73. The zero-order valence-electron chi connectivity index (χ0n) is 16.7. The van der Waals surface area contributed by atoms with E-state index in [1.54, 1.807) is 0 Å². The molecule has 30 heavy (non-hydrogen) atoms. The average Bonchev–Trinajstić information content (AvgIpc) is 2.82. The Hall–Kier alpha value is -2.32. The van der Waals surface area contributed by atoms with Crippen LogP contribution >= 0.6 is 0 Å². The quantitative estimate of drug-likeness (QED) is 0.507. The van der Waals surface area contributed by atoms with Crippen LogP contribution in [0.25, 0.3) is 0 Å². The number of allylic oxidation sites excluding steroid dienone is 3. The molecule has 1 heterocycles. The lowest BCUT2D eigenvalue weighted by Gasteiger charge is -2.42. The van der Waals surface area contributed by atoms with E-state index < -0.39 is 11.0 Å². The lowest BCUT2D eigenvalue weighted by atomic mass is 9.76. The SMILES string of the molecule is OOCC1(COC(C2=CC=CCC2)(c2ccccc2)c2ccccc2)COOOC1. The van der Waals surface area contributed by atoms with Gasteiger partial charge in [-0.1, -0.05) is 83.9 Å². The summed E-state index contributed by atoms with van der Waals surface area (Å²) in [5.74, 6) is 0. The first-order valence-electron chi connectivity index (χ1n) is 10.1. The monoisotopic (exact) mass is 410 g/mol. The van der Waals surface area contributed by atoms with Gasteiger partial charge in [0.25, 0.3) is 0 Å². The Kier molecular flexibility index (Phi) is 6.74. The maximum Gasteiger partial charge on any atom is 0.140 e. The Bertz CT molecular complexity index is 811. The van der Waals surface area contributed by atoms with Gasteiger partial charge in [-0.25, -0.2) is 14.7 Å². The summed E-state index contributed by atoms with van der Waals surface area (Å²) >= 11 is 0. The lowest BCUT2D eigenvalue weighted by Crippen LogP contribution is -2.47. The molecule has 1 aliphatic carbocycles. The van der Waals surface area contributed by atoms with Crippen LogP contribution in [0.3, 0.4) is 0 Å². The van der Waals surface area contributed by atoms with Crippen molar-refractivity contribution in [3.63, 3.8) is 0 Å². The van der Waals surface area contributed by atoms with Crippen molar-refractivity contribution in [1.82, 2.24) is 0 Å². The van der Waals surface area contributed by atoms with Crippen molar-refractivity contribution in [3.05, 3.63) is 95.6 Å². The van der Waals surface area contributed by atoms with Crippen LogP contribution in [0, 0.1) is 5.41 Å². The molecule has 0 unspecified atom stereocenters. The van der Waals surface area contributed by atoms with Gasteiger partial charge in [0, 0.05) is 0 Å². The Morgan fingerprint density at radius 3 is 2.07 bits per heavy atom. The minimum Gasteiger partial charge on any atom is -0.360 e. The number of hydrogen-bond acceptors (Lipinski definition) is 6. The van der Waals surface area contributed by atoms with Crippen LogP contribution in [0.1, 0.15) is 24.0 Å². The van der Waals surface area contributed by atoms with Gasteiger partial charge in [0.1, 0.15) is 5.60 Å². The first-order chi connectivity index (χ1) is 14.8. The molecule has 0 atom stereocenters. The van der Waals surface area contributed by atoms with Gasteiger partial charge in [-0.3, -0.25) is 5.26 Å². The van der Waals surface area contributed by atoms with E-state index in [9.17, 15) is 0 Å². The molecule has 6 heteroatoms. The number of benzene rings is 2. The molecule has 1 N–H and O–H groups in total. The van der Waals surface area contributed by atoms with Crippen molar-refractivity contribution < 1.29 is 29.7 Å². The molecule has 1 fully saturated rings. The zero-order chi connectivity index (χ0) is 20.7. The number of rotatable bonds is 8. The Morgan fingerprint density at radius 2 is 1.53 bits per heavy atom. The fourth-order valence-corrected chi connectivity index (χ4v) is 4.02. The molecule has 158 valence electrons. The molecule has 2 aromatic carbocycles. The second-order valence-electron chi connectivity index (χ2n) is 7.73. The average molecular weight is 410 g/mol. The molecule has 0 saturated carbocycles. The predicted molar refractivity (Wildman–Crippen MR) is 110 cm³/mol. The van der Waals surface area contributed by atoms with Gasteiger partial charge in [0.15, 0.2) is 0 Å². The van der Waals surface area contributed by atoms with Crippen LogP contribution in [0.5, 0.6) is 0 Å². The number of hydrogen-bond donors (Lipinski definition) is 1. The molecule has 0 amide bonds. The molecule has 0 bridgehead atoms. The normalized spacial score (nSPS) is 18.8. The summed E-state index contributed by atoms with van der Waals surface area (Å²) in [4.78, 5) is 14.6. The fourth-order valence-electron chi connectivity index (χ4n) is 4.02. The van der Waals surface area contributed by atoms with Gasteiger partial charge >= 0.3 is 0 Å². The van der Waals surface area contributed by atoms with Gasteiger partial charge < -0.3 is 4.74 Å². The molecular weight excluding hydrogens is 384 g/mol. The van der Waals surface area contributed by atoms with Crippen LogP contribution in [0.2, 0.25) is 0 Å². The van der Waals surface area contributed by atoms with Crippen molar-refractivity contribution in [1.29, 1.82) is 0 Å². The standard InChI is InChI=1S/C24H26O6/c25-27-17-23(18-28-30-29-19-23)16-26-24(20-10-4-1-5-11-20,21-12-6-2-7-13-21)22-14-8-3-9-15-22/h1-8,10-14,25H,9,15-19H2. The molecule has 0 radical (unpaired) electrons. The van der Waals surface area contributed by atoms with Crippen LogP contribution in [-0.2, 0) is 30.0 Å². The van der Waals surface area contributed by atoms with E-state index in [-0.39, 0.29) is 26.4 Å². The van der Waals surface area contributed by atoms with E-state index in [2.05, 4.69) is 52.4 Å². The van der Waals surface area contributed by atoms with Crippen molar-refractivity contribution in [2.45, 2.75) is 18.4 Å². The van der Waals surface area contributed by atoms with Crippen LogP contribution < -0.4 is 0 Å². The molecule has 1 aliphatic heterocycles. The highest BCUT2D eigenvalue weighted by Gasteiger charge is 2.44. The molecule has 0 spiro atoms. The predicted octanol–water partition coefficient (Wildman–Crippen LogP) is 4.59. The zero-order valence-corrected chi connectivity index (χ0v) is 16.7. The third-order valence-corrected chi connectivity index (χ3v) is 5.62. The molecule has 1 saturated heterocycles. The summed E-state index contributed by atoms with van der Waals surface area (Å²) in [6.07, 6.45) is 8.19. The maximum atomic E-state index is 9.17. The highest BCUT2D eigenvalue weighted by Crippen LogP contribution is 2.44. The van der Waals surface area contributed by atoms with Gasteiger partial charge in [-0.15, -0.1) is 0 Å². The first-order valence-corrected chi connectivity index (χ1v) is 10.1. The minimum absolute atomic E-state index is 0.00499. The number of ether oxygens (including phenoxy) is 1. The van der Waals surface area contributed by atoms with E-state index in [4.69, 9.17) is 19.8 Å². The summed E-state index contributed by atoms with van der Waals surface area (Å²) in [6, 6.07) is 20.4. The summed E-state index contributed by atoms with van der Waals surface area (Å²) in [5, 5.41) is 13.7. The van der Waals surface area contributed by atoms with Crippen molar-refractivity contribution >= 4 is 0 Å². The fraction of sp³-hybridized carbons (Fsp3) is 0.333. The molecule has 2 aliphatic rings. The van der Waals surface area contributed by atoms with Gasteiger partial charge in [0.2, 0.25) is 0 Å². The largest absolute Gasteiger partial charge is 0.360 e. The van der Waals surface area contributed by atoms with E-state index in [0.29, 0.717) is 0 Å². The van der Waals surface area contributed by atoms with Crippen molar-refractivity contribution in [2.24, 2.45) is 5.41 Å². The van der Waals surface area contributed by atoms with Gasteiger partial charge in [-0.2, -0.15) is 0 Å². The van der Waals surface area contributed by atoms with Gasteiger partial charge in [-0.05, 0) is 29.5 Å². The summed E-state index contributed by atoms with van der Waals surface area (Å²) in [6.45, 7) is 0.565. The van der Waals surface area contributed by atoms with Crippen molar-refractivity contribution in [3.8, 4) is 0 Å². The van der Waals surface area contributed by atoms with Crippen LogP contribution in [-0.4, -0.2) is 31.7 Å². The Morgan fingerprint density at radius 1 is 0.900 bits per heavy atom. The highest BCUT2D eigenvalue weighted by atomic mass is 17.5. The Balaban J connectivity index is 1.80. The third-order valence-electron chi connectivity index (χ3n) is 5.62. The summed E-state index contributed by atoms with van der Waals surface area (Å²) in [5.41, 5.74) is 1.72. The minimum atomic E-state index is -0.798. The van der Waals surface area contributed by atoms with Crippen LogP contribution in [0.15, 0.2) is 84.5 Å². The molecular formula is C24H26O6. The lowest BCUT2D eigenvalue weighted by molar-refractivity contribution is -0.555. The molecule has 4 rings (SSSR count). The highest BCUT2D eigenvalue weighted by molar-refractivity contribution is 5.47. The van der Waals surface area contributed by atoms with E-state index in [1.165, 1.54) is 0 Å². The van der Waals surface area contributed by atoms with E-state index >= 15 is 0 Å². The first kappa shape index (κ1) is 20.9. The topological polar surface area (TPSA) is 66.4 Å². The smallest absolute Gasteiger partial charge is 0.140 e. The molecule has 0 aromatic heterocycles. The Labute approximate surface area is 176 Å². The maximum absolute atomic E-state index is 9.17. The molecule has 2 aromatic rings. The summed E-state index contributed by atoms with van der Waals surface area (Å²) < 4.78 is 6.83.